The molecule has 0 radical (unpaired) electrons. The molecule has 2 aliphatic carbocycles. The van der Waals surface area contributed by atoms with E-state index >= 15 is 0 Å². The highest BCUT2D eigenvalue weighted by Gasteiger charge is 2.83. The first kappa shape index (κ1) is 5.22. The van der Waals surface area contributed by atoms with Crippen LogP contribution in [0, 0.1) is 23.7 Å². The van der Waals surface area contributed by atoms with Gasteiger partial charge in [-0.3, -0.25) is 0 Å². The first-order valence-electron chi connectivity index (χ1n) is 2.96. The molecule has 0 aliphatic heterocycles. The Morgan fingerprint density at radius 3 is 2.22 bits per heavy atom. The van der Waals surface area contributed by atoms with Crippen molar-refractivity contribution in [1.82, 2.24) is 0 Å². The van der Waals surface area contributed by atoms with Gasteiger partial charge in [0.15, 0.2) is 0 Å². The molecule has 0 aromatic heterocycles. The van der Waals surface area contributed by atoms with Gasteiger partial charge in [0.25, 0.3) is 5.92 Å². The molecule has 2 unspecified atom stereocenters. The van der Waals surface area contributed by atoms with Gasteiger partial charge in [-0.05, 0) is 6.42 Å². The summed E-state index contributed by atoms with van der Waals surface area (Å²) in [5.74, 6) is -0.163. The van der Waals surface area contributed by atoms with E-state index in [1.807, 2.05) is 0 Å². The van der Waals surface area contributed by atoms with Gasteiger partial charge in [-0.15, -0.1) is 12.3 Å². The van der Waals surface area contributed by atoms with Gasteiger partial charge < -0.3 is 0 Å². The summed E-state index contributed by atoms with van der Waals surface area (Å²) in [5, 5.41) is 0. The predicted octanol–water partition coefficient (Wildman–Crippen LogP) is 1.66. The van der Waals surface area contributed by atoms with Gasteiger partial charge in [0, 0.05) is 12.3 Å². The van der Waals surface area contributed by atoms with Gasteiger partial charge >= 0.3 is 0 Å². The minimum atomic E-state index is -2.41. The smallest absolute Gasteiger partial charge is 0.206 e. The molecule has 0 heterocycles. The number of terminal acetylenes is 1. The predicted molar refractivity (Wildman–Crippen MR) is 28.9 cm³/mol. The summed E-state index contributed by atoms with van der Waals surface area (Å²) in [5.41, 5.74) is -0.707. The second kappa shape index (κ2) is 1.01. The molecule has 2 rings (SSSR count). The van der Waals surface area contributed by atoms with Crippen LogP contribution in [-0.4, -0.2) is 5.92 Å². The van der Waals surface area contributed by atoms with Crippen LogP contribution < -0.4 is 0 Å². The van der Waals surface area contributed by atoms with Crippen molar-refractivity contribution in [2.75, 3.05) is 0 Å². The van der Waals surface area contributed by atoms with E-state index in [2.05, 4.69) is 5.92 Å². The highest BCUT2D eigenvalue weighted by molar-refractivity contribution is 5.31. The van der Waals surface area contributed by atoms with E-state index in [9.17, 15) is 8.78 Å². The maximum Gasteiger partial charge on any atom is 0.255 e. The maximum absolute atomic E-state index is 12.3. The summed E-state index contributed by atoms with van der Waals surface area (Å²) in [6.45, 7) is 0. The molecule has 0 nitrogen and oxygen atoms in total. The molecule has 2 atom stereocenters. The second-order valence-electron chi connectivity index (χ2n) is 2.96. The first-order valence-corrected chi connectivity index (χ1v) is 2.96. The molecule has 0 aromatic carbocycles. The van der Waals surface area contributed by atoms with E-state index in [0.29, 0.717) is 6.42 Å². The van der Waals surface area contributed by atoms with Crippen LogP contribution in [0.25, 0.3) is 0 Å². The van der Waals surface area contributed by atoms with Crippen LogP contribution in [0.2, 0.25) is 0 Å². The van der Waals surface area contributed by atoms with Gasteiger partial charge in [0.1, 0.15) is 0 Å². The maximum atomic E-state index is 12.3. The van der Waals surface area contributed by atoms with Gasteiger partial charge in [-0.25, -0.2) is 8.78 Å². The zero-order valence-corrected chi connectivity index (χ0v) is 4.82. The summed E-state index contributed by atoms with van der Waals surface area (Å²) in [4.78, 5) is 0. The van der Waals surface area contributed by atoms with Crippen molar-refractivity contribution in [2.45, 2.75) is 18.8 Å². The molecule has 0 aromatic rings. The number of hydrogen-bond donors (Lipinski definition) is 0. The Bertz CT molecular complexity index is 201. The molecule has 2 heteroatoms. The number of rotatable bonds is 0. The Hall–Kier alpha value is -0.580. The van der Waals surface area contributed by atoms with Gasteiger partial charge in [0.2, 0.25) is 0 Å². The van der Waals surface area contributed by atoms with Crippen LogP contribution in [0.1, 0.15) is 12.8 Å². The Kier molecular flexibility index (Phi) is 0.585. The lowest BCUT2D eigenvalue weighted by atomic mass is 10.3. The largest absolute Gasteiger partial charge is 0.255 e. The average molecular weight is 128 g/mol. The lowest BCUT2D eigenvalue weighted by molar-refractivity contribution is 0.0912. The summed E-state index contributed by atoms with van der Waals surface area (Å²) in [6.07, 6.45) is 5.58. The molecule has 0 N–H and O–H groups in total. The molecule has 2 fully saturated rings. The van der Waals surface area contributed by atoms with Crippen LogP contribution in [0.5, 0.6) is 0 Å². The van der Waals surface area contributed by atoms with E-state index in [-0.39, 0.29) is 12.3 Å². The third-order valence-corrected chi connectivity index (χ3v) is 2.42. The average Bonchev–Trinajstić information content (AvgIpc) is 2.53. The number of alkyl halides is 2. The Labute approximate surface area is 52.2 Å². The molecule has 48 valence electrons. The third-order valence-electron chi connectivity index (χ3n) is 2.42. The number of hydrogen-bond acceptors (Lipinski definition) is 0. The van der Waals surface area contributed by atoms with E-state index in [1.54, 1.807) is 0 Å². The summed E-state index contributed by atoms with van der Waals surface area (Å²) < 4.78 is 24.6. The van der Waals surface area contributed by atoms with Crippen molar-refractivity contribution in [3.8, 4) is 12.3 Å². The third kappa shape index (κ3) is 0.397. The molecule has 0 saturated heterocycles. The van der Waals surface area contributed by atoms with E-state index < -0.39 is 11.3 Å². The van der Waals surface area contributed by atoms with Crippen LogP contribution in [0.15, 0.2) is 0 Å². The normalized spacial score (nSPS) is 50.6. The zero-order chi connectivity index (χ0) is 6.70. The van der Waals surface area contributed by atoms with Gasteiger partial charge in [0.05, 0.1) is 5.41 Å². The lowest BCUT2D eigenvalue weighted by Crippen LogP contribution is -1.94. The van der Waals surface area contributed by atoms with Gasteiger partial charge in [-0.2, -0.15) is 0 Å². The van der Waals surface area contributed by atoms with Crippen molar-refractivity contribution in [3.05, 3.63) is 0 Å². The molecular weight excluding hydrogens is 122 g/mol. The van der Waals surface area contributed by atoms with E-state index in [4.69, 9.17) is 6.42 Å². The van der Waals surface area contributed by atoms with Crippen molar-refractivity contribution in [1.29, 1.82) is 0 Å². The van der Waals surface area contributed by atoms with Gasteiger partial charge in [-0.1, -0.05) is 0 Å². The van der Waals surface area contributed by atoms with Crippen molar-refractivity contribution in [3.63, 3.8) is 0 Å². The fraction of sp³-hybridized carbons (Fsp3) is 0.714. The molecule has 2 aliphatic rings. The van der Waals surface area contributed by atoms with Crippen molar-refractivity contribution >= 4 is 0 Å². The fourth-order valence-electron chi connectivity index (χ4n) is 1.48. The van der Waals surface area contributed by atoms with Crippen LogP contribution in [-0.2, 0) is 0 Å². The topological polar surface area (TPSA) is 0 Å². The highest BCUT2D eigenvalue weighted by atomic mass is 19.3. The van der Waals surface area contributed by atoms with Crippen LogP contribution in [0.3, 0.4) is 0 Å². The Morgan fingerprint density at radius 1 is 1.56 bits per heavy atom. The van der Waals surface area contributed by atoms with Crippen molar-refractivity contribution in [2.24, 2.45) is 11.3 Å². The molecule has 1 spiro atoms. The lowest BCUT2D eigenvalue weighted by Gasteiger charge is -1.87. The summed E-state index contributed by atoms with van der Waals surface area (Å²) in [6, 6.07) is 0. The second-order valence-corrected chi connectivity index (χ2v) is 2.96. The fourth-order valence-corrected chi connectivity index (χ4v) is 1.48. The summed E-state index contributed by atoms with van der Waals surface area (Å²) in [7, 11) is 0. The zero-order valence-electron chi connectivity index (χ0n) is 4.82. The Morgan fingerprint density at radius 2 is 2.11 bits per heavy atom. The molecule has 0 amide bonds. The monoisotopic (exact) mass is 128 g/mol. The first-order chi connectivity index (χ1) is 4.12. The quantitative estimate of drug-likeness (QED) is 0.435. The minimum absolute atomic E-state index is 0.0366. The minimum Gasteiger partial charge on any atom is -0.206 e. The number of halogens is 2. The van der Waals surface area contributed by atoms with Crippen molar-refractivity contribution < 1.29 is 8.78 Å². The van der Waals surface area contributed by atoms with Crippen LogP contribution >= 0.6 is 0 Å². The van der Waals surface area contributed by atoms with Crippen LogP contribution in [0.4, 0.5) is 8.78 Å². The Balaban J connectivity index is 2.15. The van der Waals surface area contributed by atoms with E-state index in [1.165, 1.54) is 0 Å². The standard InChI is InChI=1S/C7H6F2/c1-2-5-3-6(5)4-7(6,8)9/h1,5H,3-4H2. The molecular formula is C7H6F2. The molecule has 0 bridgehead atoms. The SMILES string of the molecule is C#CC1CC12CC2(F)F. The highest BCUT2D eigenvalue weighted by Crippen LogP contribution is 2.78. The van der Waals surface area contributed by atoms with E-state index in [0.717, 1.165) is 0 Å². The summed E-state index contributed by atoms with van der Waals surface area (Å²) >= 11 is 0. The molecule has 2 saturated carbocycles. The molecule has 9 heavy (non-hydrogen) atoms.